The van der Waals surface area contributed by atoms with Crippen LogP contribution < -0.4 is 10.2 Å². The Bertz CT molecular complexity index is 569. The van der Waals surface area contributed by atoms with Gasteiger partial charge in [-0.15, -0.1) is 0 Å². The lowest BCUT2D eigenvalue weighted by Gasteiger charge is -2.38. The molecule has 1 aliphatic carbocycles. The normalized spacial score (nSPS) is 22.9. The van der Waals surface area contributed by atoms with E-state index in [0.717, 1.165) is 25.1 Å². The van der Waals surface area contributed by atoms with Crippen molar-refractivity contribution in [2.45, 2.75) is 51.1 Å². The Labute approximate surface area is 144 Å². The van der Waals surface area contributed by atoms with Crippen LogP contribution in [-0.2, 0) is 9.59 Å². The number of para-hydroxylation sites is 1. The van der Waals surface area contributed by atoms with Crippen LogP contribution in [0.25, 0.3) is 0 Å². The second-order valence-electron chi connectivity index (χ2n) is 6.83. The fourth-order valence-electron chi connectivity index (χ4n) is 3.78. The van der Waals surface area contributed by atoms with Gasteiger partial charge >= 0.3 is 0 Å². The van der Waals surface area contributed by atoms with Gasteiger partial charge in [-0.05, 0) is 31.9 Å². The summed E-state index contributed by atoms with van der Waals surface area (Å²) in [5.41, 5.74) is 0.975. The summed E-state index contributed by atoms with van der Waals surface area (Å²) in [5, 5.41) is 2.85. The van der Waals surface area contributed by atoms with Gasteiger partial charge in [0.25, 0.3) is 0 Å². The predicted molar refractivity (Wildman–Crippen MR) is 94.8 cm³/mol. The molecule has 5 nitrogen and oxygen atoms in total. The van der Waals surface area contributed by atoms with Gasteiger partial charge in [-0.25, -0.2) is 0 Å². The van der Waals surface area contributed by atoms with Crippen LogP contribution in [0.2, 0.25) is 0 Å². The molecule has 0 aromatic heterocycles. The van der Waals surface area contributed by atoms with Gasteiger partial charge in [0.05, 0.1) is 12.6 Å². The number of rotatable bonds is 4. The minimum absolute atomic E-state index is 0.0120. The number of nitrogens with zero attached hydrogens (tertiary/aromatic N) is 2. The van der Waals surface area contributed by atoms with Crippen molar-refractivity contribution in [2.75, 3.05) is 24.5 Å². The highest BCUT2D eigenvalue weighted by Crippen LogP contribution is 2.27. The third-order valence-corrected chi connectivity index (χ3v) is 5.21. The van der Waals surface area contributed by atoms with Crippen molar-refractivity contribution in [1.82, 2.24) is 10.2 Å². The lowest BCUT2D eigenvalue weighted by atomic mass is 9.93. The number of nitrogens with one attached hydrogen (secondary N) is 1. The SMILES string of the molecule is CC1C(=O)NCCN1CC(=O)N(c1ccccc1)C1CCCCC1. The number of hydrogen-bond donors (Lipinski definition) is 1. The van der Waals surface area contributed by atoms with Gasteiger partial charge in [0.2, 0.25) is 11.8 Å². The van der Waals surface area contributed by atoms with Crippen LogP contribution in [0.15, 0.2) is 30.3 Å². The third kappa shape index (κ3) is 3.78. The quantitative estimate of drug-likeness (QED) is 0.921. The van der Waals surface area contributed by atoms with Gasteiger partial charge in [0, 0.05) is 24.8 Å². The predicted octanol–water partition coefficient (Wildman–Crippen LogP) is 2.17. The lowest BCUT2D eigenvalue weighted by Crippen LogP contribution is -2.57. The first kappa shape index (κ1) is 17.0. The van der Waals surface area contributed by atoms with Crippen molar-refractivity contribution in [1.29, 1.82) is 0 Å². The van der Waals surface area contributed by atoms with Crippen LogP contribution in [0.3, 0.4) is 0 Å². The Morgan fingerprint density at radius 1 is 1.21 bits per heavy atom. The molecule has 130 valence electrons. The Hall–Kier alpha value is -1.88. The van der Waals surface area contributed by atoms with Crippen molar-refractivity contribution < 1.29 is 9.59 Å². The molecule has 5 heteroatoms. The van der Waals surface area contributed by atoms with E-state index in [9.17, 15) is 9.59 Å². The first-order valence-electron chi connectivity index (χ1n) is 9.05. The molecular formula is C19H27N3O2. The van der Waals surface area contributed by atoms with Crippen molar-refractivity contribution in [3.05, 3.63) is 30.3 Å². The molecule has 1 saturated heterocycles. The largest absolute Gasteiger partial charge is 0.353 e. The van der Waals surface area contributed by atoms with E-state index in [-0.39, 0.29) is 23.9 Å². The Balaban J connectivity index is 1.77. The molecule has 0 spiro atoms. The summed E-state index contributed by atoms with van der Waals surface area (Å²) in [6.07, 6.45) is 5.76. The maximum atomic E-state index is 13.1. The van der Waals surface area contributed by atoms with Crippen LogP contribution >= 0.6 is 0 Å². The molecule has 0 radical (unpaired) electrons. The molecule has 1 N–H and O–H groups in total. The number of carbonyl (C=O) groups is 2. The molecule has 1 saturated carbocycles. The second kappa shape index (κ2) is 7.79. The highest BCUT2D eigenvalue weighted by molar-refractivity contribution is 5.96. The highest BCUT2D eigenvalue weighted by atomic mass is 16.2. The monoisotopic (exact) mass is 329 g/mol. The minimum atomic E-state index is -0.244. The lowest BCUT2D eigenvalue weighted by molar-refractivity contribution is -0.130. The van der Waals surface area contributed by atoms with Crippen LogP contribution in [0.1, 0.15) is 39.0 Å². The van der Waals surface area contributed by atoms with E-state index in [1.165, 1.54) is 19.3 Å². The number of benzene rings is 1. The average Bonchev–Trinajstić information content (AvgIpc) is 2.61. The maximum absolute atomic E-state index is 13.1. The molecule has 1 aliphatic heterocycles. The van der Waals surface area contributed by atoms with E-state index >= 15 is 0 Å². The molecule has 0 bridgehead atoms. The van der Waals surface area contributed by atoms with Crippen molar-refractivity contribution >= 4 is 17.5 Å². The summed E-state index contributed by atoms with van der Waals surface area (Å²) in [6, 6.07) is 10.0. The number of hydrogen-bond acceptors (Lipinski definition) is 3. The van der Waals surface area contributed by atoms with Gasteiger partial charge in [0.1, 0.15) is 0 Å². The zero-order valence-corrected chi connectivity index (χ0v) is 14.4. The van der Waals surface area contributed by atoms with Crippen LogP contribution in [0, 0.1) is 0 Å². The average molecular weight is 329 g/mol. The summed E-state index contributed by atoms with van der Waals surface area (Å²) in [5.74, 6) is 0.118. The van der Waals surface area contributed by atoms with Gasteiger partial charge < -0.3 is 10.2 Å². The number of anilines is 1. The van der Waals surface area contributed by atoms with Gasteiger partial charge in [-0.2, -0.15) is 0 Å². The second-order valence-corrected chi connectivity index (χ2v) is 6.83. The summed E-state index contributed by atoms with van der Waals surface area (Å²) >= 11 is 0. The summed E-state index contributed by atoms with van der Waals surface area (Å²) in [7, 11) is 0. The molecule has 24 heavy (non-hydrogen) atoms. The fourth-order valence-corrected chi connectivity index (χ4v) is 3.78. The van der Waals surface area contributed by atoms with Crippen molar-refractivity contribution in [3.63, 3.8) is 0 Å². The molecule has 1 atom stereocenters. The first-order chi connectivity index (χ1) is 11.7. The van der Waals surface area contributed by atoms with Crippen molar-refractivity contribution in [3.8, 4) is 0 Å². The molecule has 3 rings (SSSR count). The van der Waals surface area contributed by atoms with Crippen LogP contribution in [0.5, 0.6) is 0 Å². The molecule has 1 unspecified atom stereocenters. The Kier molecular flexibility index (Phi) is 5.51. The summed E-state index contributed by atoms with van der Waals surface area (Å²) in [6.45, 7) is 3.52. The third-order valence-electron chi connectivity index (χ3n) is 5.21. The summed E-state index contributed by atoms with van der Waals surface area (Å²) < 4.78 is 0. The van der Waals surface area contributed by atoms with Gasteiger partial charge in [0.15, 0.2) is 0 Å². The molecular weight excluding hydrogens is 302 g/mol. The van der Waals surface area contributed by atoms with Crippen LogP contribution in [0.4, 0.5) is 5.69 Å². The topological polar surface area (TPSA) is 52.7 Å². The fraction of sp³-hybridized carbons (Fsp3) is 0.579. The smallest absolute Gasteiger partial charge is 0.241 e. The van der Waals surface area contributed by atoms with Crippen molar-refractivity contribution in [2.24, 2.45) is 0 Å². The first-order valence-corrected chi connectivity index (χ1v) is 9.05. The van der Waals surface area contributed by atoms with E-state index in [0.29, 0.717) is 13.1 Å². The number of piperazine rings is 1. The molecule has 2 fully saturated rings. The van der Waals surface area contributed by atoms with Gasteiger partial charge in [-0.3, -0.25) is 14.5 Å². The van der Waals surface area contributed by atoms with E-state index < -0.39 is 0 Å². The van der Waals surface area contributed by atoms with E-state index in [2.05, 4.69) is 5.32 Å². The zero-order chi connectivity index (χ0) is 16.9. The summed E-state index contributed by atoms with van der Waals surface area (Å²) in [4.78, 5) is 28.9. The molecule has 1 heterocycles. The minimum Gasteiger partial charge on any atom is -0.353 e. The van der Waals surface area contributed by atoms with Gasteiger partial charge in [-0.1, -0.05) is 37.5 Å². The number of amides is 2. The van der Waals surface area contributed by atoms with E-state index in [4.69, 9.17) is 0 Å². The zero-order valence-electron chi connectivity index (χ0n) is 14.4. The molecule has 1 aromatic rings. The Morgan fingerprint density at radius 2 is 1.92 bits per heavy atom. The molecule has 2 amide bonds. The van der Waals surface area contributed by atoms with Crippen LogP contribution in [-0.4, -0.2) is 48.4 Å². The molecule has 2 aliphatic rings. The van der Waals surface area contributed by atoms with E-state index in [1.54, 1.807) is 0 Å². The standard InChI is InChI=1S/C19H27N3O2/c1-15-19(24)20-12-13-21(15)14-18(23)22(16-8-4-2-5-9-16)17-10-6-3-7-11-17/h2,4-5,8-9,15,17H,3,6-7,10-14H2,1H3,(H,20,24). The maximum Gasteiger partial charge on any atom is 0.241 e. The highest BCUT2D eigenvalue weighted by Gasteiger charge is 2.31. The molecule has 1 aromatic carbocycles. The Morgan fingerprint density at radius 3 is 2.62 bits per heavy atom. The van der Waals surface area contributed by atoms with E-state index in [1.807, 2.05) is 47.1 Å². The number of carbonyl (C=O) groups excluding carboxylic acids is 2.